The largest absolute Gasteiger partial charge is 0.298 e. The monoisotopic (exact) mass is 317 g/mol. The van der Waals surface area contributed by atoms with Gasteiger partial charge in [0.1, 0.15) is 0 Å². The van der Waals surface area contributed by atoms with Crippen LogP contribution in [0.4, 0.5) is 0 Å². The first kappa shape index (κ1) is 13.9. The Hall–Kier alpha value is -2.10. The van der Waals surface area contributed by atoms with Crippen molar-refractivity contribution >= 4 is 46.3 Å². The van der Waals surface area contributed by atoms with E-state index < -0.39 is 0 Å². The molecule has 3 rings (SSSR count). The maximum Gasteiger partial charge on any atom is 0.263 e. The Kier molecular flexibility index (Phi) is 3.53. The van der Waals surface area contributed by atoms with Crippen LogP contribution in [-0.4, -0.2) is 16.8 Å². The minimum absolute atomic E-state index is 0.276. The number of carbonyl (C=O) groups excluding carboxylic acids is 2. The van der Waals surface area contributed by atoms with E-state index in [2.05, 4.69) is 0 Å². The molecule has 0 amide bonds. The third kappa shape index (κ3) is 2.35. The van der Waals surface area contributed by atoms with Crippen molar-refractivity contribution in [3.8, 4) is 0 Å². The lowest BCUT2D eigenvalue weighted by atomic mass is 10.2. The Bertz CT molecular complexity index is 868. The minimum atomic E-state index is -0.305. The third-order valence-electron chi connectivity index (χ3n) is 3.25. The summed E-state index contributed by atoms with van der Waals surface area (Å²) in [5.41, 5.74) is 1.46. The van der Waals surface area contributed by atoms with E-state index in [0.717, 1.165) is 11.7 Å². The van der Waals surface area contributed by atoms with Gasteiger partial charge in [-0.3, -0.25) is 14.2 Å². The molecule has 3 aromatic rings. The zero-order chi connectivity index (χ0) is 15.0. The molecule has 0 bridgehead atoms. The highest BCUT2D eigenvalue weighted by atomic mass is 35.5. The Balaban J connectivity index is 2.20. The molecule has 0 aliphatic carbocycles. The topological polar surface area (TPSA) is 39.1 Å². The van der Waals surface area contributed by atoms with Crippen molar-refractivity contribution in [1.82, 2.24) is 4.57 Å². The van der Waals surface area contributed by atoms with Gasteiger partial charge in [-0.25, -0.2) is 0 Å². The van der Waals surface area contributed by atoms with E-state index in [1.807, 2.05) is 12.1 Å². The van der Waals surface area contributed by atoms with Crippen LogP contribution in [0.3, 0.4) is 0 Å². The van der Waals surface area contributed by atoms with Crippen LogP contribution in [0.15, 0.2) is 48.7 Å². The Morgan fingerprint density at radius 2 is 1.86 bits per heavy atom. The SMILES string of the molecule is O=Cc1cn(C(=O)c2ccc(Cl)cc2Cl)c2ccccc12. The number of fused-ring (bicyclic) bond motifs is 1. The second-order valence-electron chi connectivity index (χ2n) is 4.52. The molecule has 1 aromatic heterocycles. The zero-order valence-corrected chi connectivity index (χ0v) is 12.2. The second-order valence-corrected chi connectivity index (χ2v) is 5.36. The molecule has 0 aliphatic heterocycles. The highest BCUT2D eigenvalue weighted by Gasteiger charge is 2.17. The Morgan fingerprint density at radius 1 is 1.10 bits per heavy atom. The summed E-state index contributed by atoms with van der Waals surface area (Å²) < 4.78 is 1.42. The molecule has 0 N–H and O–H groups in total. The molecule has 2 aromatic carbocycles. The molecule has 0 unspecified atom stereocenters. The van der Waals surface area contributed by atoms with Crippen LogP contribution in [0.1, 0.15) is 20.7 Å². The number of benzene rings is 2. The molecular formula is C16H9Cl2NO2. The van der Waals surface area contributed by atoms with Gasteiger partial charge in [0.25, 0.3) is 5.91 Å². The van der Waals surface area contributed by atoms with Crippen molar-refractivity contribution in [2.45, 2.75) is 0 Å². The van der Waals surface area contributed by atoms with Gasteiger partial charge >= 0.3 is 0 Å². The van der Waals surface area contributed by atoms with Crippen molar-refractivity contribution in [3.63, 3.8) is 0 Å². The number of para-hydroxylation sites is 1. The van der Waals surface area contributed by atoms with Gasteiger partial charge in [-0.2, -0.15) is 0 Å². The van der Waals surface area contributed by atoms with Gasteiger partial charge < -0.3 is 0 Å². The molecule has 0 saturated carbocycles. The van der Waals surface area contributed by atoms with Gasteiger partial charge in [0.2, 0.25) is 0 Å². The fraction of sp³-hybridized carbons (Fsp3) is 0. The Labute approximate surface area is 130 Å². The maximum atomic E-state index is 12.6. The molecule has 3 nitrogen and oxygen atoms in total. The van der Waals surface area contributed by atoms with E-state index in [1.54, 1.807) is 24.3 Å². The highest BCUT2D eigenvalue weighted by molar-refractivity contribution is 6.37. The van der Waals surface area contributed by atoms with Crippen molar-refractivity contribution in [3.05, 3.63) is 69.8 Å². The van der Waals surface area contributed by atoms with Crippen LogP contribution in [0.5, 0.6) is 0 Å². The maximum absolute atomic E-state index is 12.6. The lowest BCUT2D eigenvalue weighted by Gasteiger charge is -2.06. The van der Waals surface area contributed by atoms with Crippen LogP contribution < -0.4 is 0 Å². The lowest BCUT2D eigenvalue weighted by Crippen LogP contribution is -2.11. The smallest absolute Gasteiger partial charge is 0.263 e. The quantitative estimate of drug-likeness (QED) is 0.655. The number of rotatable bonds is 2. The normalized spacial score (nSPS) is 10.8. The van der Waals surface area contributed by atoms with E-state index >= 15 is 0 Å². The summed E-state index contributed by atoms with van der Waals surface area (Å²) in [4.78, 5) is 23.8. The molecule has 0 radical (unpaired) electrons. The van der Waals surface area contributed by atoms with Crippen LogP contribution in [0.2, 0.25) is 10.0 Å². The van der Waals surface area contributed by atoms with E-state index in [4.69, 9.17) is 23.2 Å². The first-order valence-corrected chi connectivity index (χ1v) is 6.92. The summed E-state index contributed by atoms with van der Waals surface area (Å²) in [7, 11) is 0. The first-order valence-electron chi connectivity index (χ1n) is 6.17. The first-order chi connectivity index (χ1) is 10.1. The van der Waals surface area contributed by atoms with Gasteiger partial charge in [-0.05, 0) is 24.3 Å². The Morgan fingerprint density at radius 3 is 2.57 bits per heavy atom. The number of aromatic nitrogens is 1. The molecule has 104 valence electrons. The molecule has 0 saturated heterocycles. The van der Waals surface area contributed by atoms with Gasteiger partial charge in [-0.1, -0.05) is 41.4 Å². The van der Waals surface area contributed by atoms with Crippen LogP contribution >= 0.6 is 23.2 Å². The van der Waals surface area contributed by atoms with Crippen LogP contribution in [0, 0.1) is 0 Å². The fourth-order valence-electron chi connectivity index (χ4n) is 2.26. The van der Waals surface area contributed by atoms with E-state index in [1.165, 1.54) is 16.8 Å². The number of hydrogen-bond acceptors (Lipinski definition) is 2. The van der Waals surface area contributed by atoms with Gasteiger partial charge in [0.15, 0.2) is 6.29 Å². The molecule has 0 aliphatic rings. The minimum Gasteiger partial charge on any atom is -0.298 e. The molecule has 0 fully saturated rings. The van der Waals surface area contributed by atoms with Crippen molar-refractivity contribution in [1.29, 1.82) is 0 Å². The van der Waals surface area contributed by atoms with Crippen molar-refractivity contribution < 1.29 is 9.59 Å². The lowest BCUT2D eigenvalue weighted by molar-refractivity contribution is 0.0965. The van der Waals surface area contributed by atoms with E-state index in [9.17, 15) is 9.59 Å². The number of carbonyl (C=O) groups is 2. The van der Waals surface area contributed by atoms with E-state index in [0.29, 0.717) is 21.7 Å². The predicted octanol–water partition coefficient (Wildman–Crippen LogP) is 4.45. The second kappa shape index (κ2) is 5.35. The average molecular weight is 318 g/mol. The van der Waals surface area contributed by atoms with Gasteiger partial charge in [0, 0.05) is 22.2 Å². The summed E-state index contributed by atoms with van der Waals surface area (Å²) in [5.74, 6) is -0.305. The standard InChI is InChI=1S/C16H9Cl2NO2/c17-11-5-6-13(14(18)7-11)16(21)19-8-10(9-20)12-3-1-2-4-15(12)19/h1-9H. The molecule has 21 heavy (non-hydrogen) atoms. The van der Waals surface area contributed by atoms with E-state index in [-0.39, 0.29) is 10.9 Å². The van der Waals surface area contributed by atoms with Crippen molar-refractivity contribution in [2.24, 2.45) is 0 Å². The molecule has 1 heterocycles. The summed E-state index contributed by atoms with van der Waals surface area (Å²) in [6.45, 7) is 0. The van der Waals surface area contributed by atoms with Gasteiger partial charge in [0.05, 0.1) is 16.1 Å². The predicted molar refractivity (Wildman–Crippen MR) is 83.5 cm³/mol. The van der Waals surface area contributed by atoms with Crippen molar-refractivity contribution in [2.75, 3.05) is 0 Å². The zero-order valence-electron chi connectivity index (χ0n) is 10.7. The van der Waals surface area contributed by atoms with Crippen LogP contribution in [-0.2, 0) is 0 Å². The third-order valence-corrected chi connectivity index (χ3v) is 3.80. The highest BCUT2D eigenvalue weighted by Crippen LogP contribution is 2.25. The molecule has 0 atom stereocenters. The van der Waals surface area contributed by atoms with Crippen LogP contribution in [0.25, 0.3) is 10.9 Å². The summed E-state index contributed by atoms with van der Waals surface area (Å²) >= 11 is 11.9. The number of aldehydes is 1. The molecule has 0 spiro atoms. The number of halogens is 2. The molecular weight excluding hydrogens is 309 g/mol. The van der Waals surface area contributed by atoms with Gasteiger partial charge in [-0.15, -0.1) is 0 Å². The average Bonchev–Trinajstić information content (AvgIpc) is 2.85. The number of hydrogen-bond donors (Lipinski definition) is 0. The molecule has 5 heteroatoms. The summed E-state index contributed by atoms with van der Waals surface area (Å²) in [6, 6.07) is 11.9. The fourth-order valence-corrected chi connectivity index (χ4v) is 2.75. The number of nitrogens with zero attached hydrogens (tertiary/aromatic N) is 1. The summed E-state index contributed by atoms with van der Waals surface area (Å²) in [5, 5.41) is 1.46. The summed E-state index contributed by atoms with van der Waals surface area (Å²) in [6.07, 6.45) is 2.25.